The Morgan fingerprint density at radius 1 is 1.09 bits per heavy atom. The number of ether oxygens (including phenoxy) is 2. The molecular formula is C26H21N3O6. The number of nitrogens with one attached hydrogen (secondary N) is 1. The van der Waals surface area contributed by atoms with Gasteiger partial charge in [-0.15, -0.1) is 0 Å². The third-order valence-corrected chi connectivity index (χ3v) is 5.00. The van der Waals surface area contributed by atoms with E-state index in [1.54, 1.807) is 13.0 Å². The lowest BCUT2D eigenvalue weighted by Crippen LogP contribution is -2.23. The molecule has 0 spiro atoms. The second kappa shape index (κ2) is 11.2. The molecule has 0 aliphatic heterocycles. The normalized spacial score (nSPS) is 10.7. The summed E-state index contributed by atoms with van der Waals surface area (Å²) in [5, 5.41) is 23.3. The van der Waals surface area contributed by atoms with Crippen molar-refractivity contribution in [1.29, 1.82) is 5.26 Å². The van der Waals surface area contributed by atoms with Crippen LogP contribution < -0.4 is 14.8 Å². The van der Waals surface area contributed by atoms with Crippen molar-refractivity contribution in [2.45, 2.75) is 13.5 Å². The number of nitro benzene ring substituents is 1. The van der Waals surface area contributed by atoms with Crippen LogP contribution in [0, 0.1) is 28.4 Å². The van der Waals surface area contributed by atoms with E-state index in [-0.39, 0.29) is 34.9 Å². The van der Waals surface area contributed by atoms with Crippen LogP contribution in [0.1, 0.15) is 27.0 Å². The minimum absolute atomic E-state index is 0.00943. The van der Waals surface area contributed by atoms with Gasteiger partial charge in [0.1, 0.15) is 11.6 Å². The van der Waals surface area contributed by atoms with Gasteiger partial charge in [0.25, 0.3) is 11.6 Å². The highest BCUT2D eigenvalue weighted by Crippen LogP contribution is 2.30. The van der Waals surface area contributed by atoms with Crippen molar-refractivity contribution in [2.24, 2.45) is 0 Å². The molecule has 0 unspecified atom stereocenters. The fourth-order valence-corrected chi connectivity index (χ4v) is 3.14. The number of nitriles is 1. The maximum atomic E-state index is 12.5. The predicted molar refractivity (Wildman–Crippen MR) is 128 cm³/mol. The van der Waals surface area contributed by atoms with Crippen molar-refractivity contribution in [1.82, 2.24) is 5.32 Å². The highest BCUT2D eigenvalue weighted by atomic mass is 16.6. The Bertz CT molecular complexity index is 1340. The van der Waals surface area contributed by atoms with E-state index in [4.69, 9.17) is 9.47 Å². The molecule has 0 atom stereocenters. The zero-order chi connectivity index (χ0) is 25.4. The quantitative estimate of drug-likeness (QED) is 0.129. The number of nitrogens with zero attached hydrogens (tertiary/aromatic N) is 2. The molecule has 0 radical (unpaired) electrons. The van der Waals surface area contributed by atoms with Crippen molar-refractivity contribution in [3.8, 4) is 17.6 Å². The van der Waals surface area contributed by atoms with E-state index in [9.17, 15) is 25.0 Å². The monoisotopic (exact) mass is 471 g/mol. The average Bonchev–Trinajstić information content (AvgIpc) is 2.87. The summed E-state index contributed by atoms with van der Waals surface area (Å²) < 4.78 is 10.7. The average molecular weight is 471 g/mol. The lowest BCUT2D eigenvalue weighted by molar-refractivity contribution is -0.385. The first-order valence-electron chi connectivity index (χ1n) is 10.4. The van der Waals surface area contributed by atoms with Gasteiger partial charge in [0.15, 0.2) is 11.5 Å². The Kier molecular flexibility index (Phi) is 7.93. The van der Waals surface area contributed by atoms with E-state index in [1.165, 1.54) is 37.5 Å². The van der Waals surface area contributed by atoms with Gasteiger partial charge >= 0.3 is 5.97 Å². The molecule has 176 valence electrons. The Hall–Kier alpha value is -4.97. The first-order chi connectivity index (χ1) is 16.8. The first kappa shape index (κ1) is 24.7. The second-order valence-electron chi connectivity index (χ2n) is 7.40. The Balaban J connectivity index is 1.77. The number of carbonyl (C=O) groups is 2. The molecule has 3 aromatic rings. The van der Waals surface area contributed by atoms with Gasteiger partial charge in [-0.1, -0.05) is 42.5 Å². The van der Waals surface area contributed by atoms with E-state index in [0.29, 0.717) is 11.1 Å². The third kappa shape index (κ3) is 6.30. The predicted octanol–water partition coefficient (Wildman–Crippen LogP) is 4.35. The Morgan fingerprint density at radius 3 is 2.49 bits per heavy atom. The molecule has 1 amide bonds. The number of esters is 1. The van der Waals surface area contributed by atoms with Crippen LogP contribution in [0.4, 0.5) is 5.69 Å². The summed E-state index contributed by atoms with van der Waals surface area (Å²) in [4.78, 5) is 35.5. The summed E-state index contributed by atoms with van der Waals surface area (Å²) in [7, 11) is 1.37. The molecule has 0 bridgehead atoms. The highest BCUT2D eigenvalue weighted by Gasteiger charge is 2.18. The summed E-state index contributed by atoms with van der Waals surface area (Å²) in [6.45, 7) is 1.84. The number of methoxy groups -OCH3 is 1. The zero-order valence-corrected chi connectivity index (χ0v) is 19.0. The number of carbonyl (C=O) groups excluding carboxylic acids is 2. The van der Waals surface area contributed by atoms with Crippen LogP contribution in [-0.2, 0) is 11.3 Å². The van der Waals surface area contributed by atoms with Crippen LogP contribution in [0.2, 0.25) is 0 Å². The number of amides is 1. The summed E-state index contributed by atoms with van der Waals surface area (Å²) in [5.41, 5.74) is 1.49. The minimum Gasteiger partial charge on any atom is -0.493 e. The summed E-state index contributed by atoms with van der Waals surface area (Å²) >= 11 is 0. The molecule has 0 saturated carbocycles. The van der Waals surface area contributed by atoms with Crippen molar-refractivity contribution < 1.29 is 24.0 Å². The molecule has 0 aromatic heterocycles. The largest absolute Gasteiger partial charge is 0.493 e. The van der Waals surface area contributed by atoms with Crippen molar-refractivity contribution in [3.05, 3.63) is 105 Å². The molecule has 0 aliphatic rings. The highest BCUT2D eigenvalue weighted by molar-refractivity contribution is 6.01. The van der Waals surface area contributed by atoms with Gasteiger partial charge in [0, 0.05) is 18.2 Å². The number of rotatable bonds is 8. The van der Waals surface area contributed by atoms with Gasteiger partial charge in [-0.25, -0.2) is 4.79 Å². The Labute approximate surface area is 201 Å². The summed E-state index contributed by atoms with van der Waals surface area (Å²) in [6, 6.07) is 19.7. The van der Waals surface area contributed by atoms with E-state index in [0.717, 1.165) is 11.6 Å². The van der Waals surface area contributed by atoms with Crippen molar-refractivity contribution in [2.75, 3.05) is 7.11 Å². The molecule has 0 saturated heterocycles. The number of nitro groups is 1. The van der Waals surface area contributed by atoms with Crippen LogP contribution >= 0.6 is 0 Å². The molecule has 0 aliphatic carbocycles. The van der Waals surface area contributed by atoms with Crippen LogP contribution in [-0.4, -0.2) is 23.9 Å². The van der Waals surface area contributed by atoms with Crippen LogP contribution in [0.15, 0.2) is 72.3 Å². The smallest absolute Gasteiger partial charge is 0.343 e. The van der Waals surface area contributed by atoms with Crippen molar-refractivity contribution in [3.63, 3.8) is 0 Å². The maximum absolute atomic E-state index is 12.5. The second-order valence-corrected chi connectivity index (χ2v) is 7.40. The lowest BCUT2D eigenvalue weighted by Gasteiger charge is -2.10. The SMILES string of the molecule is COc1cc(/C=C(\C#N)C(=O)NCc2ccccc2)ccc1OC(=O)c1ccc(C)c([N+](=O)[O-])c1. The molecule has 1 N–H and O–H groups in total. The van der Waals surface area contributed by atoms with E-state index >= 15 is 0 Å². The lowest BCUT2D eigenvalue weighted by atomic mass is 10.1. The van der Waals surface area contributed by atoms with Gasteiger partial charge in [0.05, 0.1) is 17.6 Å². The fraction of sp³-hybridized carbons (Fsp3) is 0.115. The van der Waals surface area contributed by atoms with Gasteiger partial charge in [-0.05, 0) is 42.3 Å². The summed E-state index contributed by atoms with van der Waals surface area (Å²) in [6.07, 6.45) is 1.39. The molecule has 3 aromatic carbocycles. The van der Waals surface area contributed by atoms with Gasteiger partial charge in [-0.3, -0.25) is 14.9 Å². The topological polar surface area (TPSA) is 132 Å². The molecule has 9 nitrogen and oxygen atoms in total. The number of hydrogen-bond donors (Lipinski definition) is 1. The molecule has 35 heavy (non-hydrogen) atoms. The van der Waals surface area contributed by atoms with Gasteiger partial charge < -0.3 is 14.8 Å². The molecule has 0 heterocycles. The summed E-state index contributed by atoms with van der Waals surface area (Å²) in [5.74, 6) is -1.08. The number of benzene rings is 3. The van der Waals surface area contributed by atoms with Gasteiger partial charge in [-0.2, -0.15) is 5.26 Å². The molecular weight excluding hydrogens is 450 g/mol. The third-order valence-electron chi connectivity index (χ3n) is 5.00. The Morgan fingerprint density at radius 2 is 1.83 bits per heavy atom. The zero-order valence-electron chi connectivity index (χ0n) is 19.0. The van der Waals surface area contributed by atoms with E-state index in [1.807, 2.05) is 36.4 Å². The maximum Gasteiger partial charge on any atom is 0.343 e. The first-order valence-corrected chi connectivity index (χ1v) is 10.4. The van der Waals surface area contributed by atoms with Crippen LogP contribution in [0.5, 0.6) is 11.5 Å². The molecule has 0 fully saturated rings. The minimum atomic E-state index is -0.798. The van der Waals surface area contributed by atoms with Crippen LogP contribution in [0.25, 0.3) is 6.08 Å². The van der Waals surface area contributed by atoms with E-state index < -0.39 is 16.8 Å². The van der Waals surface area contributed by atoms with Crippen molar-refractivity contribution >= 4 is 23.6 Å². The van der Waals surface area contributed by atoms with Gasteiger partial charge in [0.2, 0.25) is 0 Å². The fourth-order valence-electron chi connectivity index (χ4n) is 3.14. The van der Waals surface area contributed by atoms with E-state index in [2.05, 4.69) is 5.32 Å². The molecule has 3 rings (SSSR count). The van der Waals surface area contributed by atoms with Crippen LogP contribution in [0.3, 0.4) is 0 Å². The standard InChI is InChI=1S/C26H21N3O6/c1-17-8-10-20(14-22(17)29(32)33)26(31)35-23-11-9-19(13-24(23)34-2)12-21(15-27)25(30)28-16-18-6-4-3-5-7-18/h3-14H,16H2,1-2H3,(H,28,30)/b21-12+. The number of aryl methyl sites for hydroxylation is 1. The number of hydrogen-bond acceptors (Lipinski definition) is 7. The molecule has 9 heteroatoms.